The summed E-state index contributed by atoms with van der Waals surface area (Å²) in [6, 6.07) is 16.4. The van der Waals surface area contributed by atoms with Crippen LogP contribution in [0.25, 0.3) is 5.69 Å². The lowest BCUT2D eigenvalue weighted by Crippen LogP contribution is -2.46. The van der Waals surface area contributed by atoms with Crippen molar-refractivity contribution in [3.63, 3.8) is 0 Å². The Balaban J connectivity index is 1.77. The van der Waals surface area contributed by atoms with E-state index in [-0.39, 0.29) is 5.54 Å². The average Bonchev–Trinajstić information content (AvgIpc) is 3.22. The van der Waals surface area contributed by atoms with Crippen molar-refractivity contribution in [3.8, 4) is 11.4 Å². The molecule has 0 amide bonds. The van der Waals surface area contributed by atoms with E-state index in [0.717, 1.165) is 42.2 Å². The molecule has 3 aromatic rings. The SMILES string of the molecule is COc1ccc(-n2nnnc2[C@@]2(Nc3ccc(C)cc3)CCCC[C@H]2C)cc1. The Morgan fingerprint density at radius 2 is 1.82 bits per heavy atom. The molecule has 6 heteroatoms. The molecule has 1 saturated carbocycles. The Hall–Kier alpha value is -2.89. The van der Waals surface area contributed by atoms with Crippen molar-refractivity contribution in [2.75, 3.05) is 12.4 Å². The van der Waals surface area contributed by atoms with Crippen LogP contribution in [-0.4, -0.2) is 27.3 Å². The third-order valence-electron chi connectivity index (χ3n) is 5.90. The highest BCUT2D eigenvalue weighted by Gasteiger charge is 2.44. The van der Waals surface area contributed by atoms with Crippen LogP contribution in [0.15, 0.2) is 48.5 Å². The van der Waals surface area contributed by atoms with E-state index in [9.17, 15) is 0 Å². The third-order valence-corrected chi connectivity index (χ3v) is 5.90. The van der Waals surface area contributed by atoms with Gasteiger partial charge in [0.15, 0.2) is 5.82 Å². The van der Waals surface area contributed by atoms with Crippen molar-refractivity contribution < 1.29 is 4.74 Å². The van der Waals surface area contributed by atoms with Gasteiger partial charge < -0.3 is 10.1 Å². The molecule has 146 valence electrons. The van der Waals surface area contributed by atoms with E-state index in [1.807, 2.05) is 28.9 Å². The minimum Gasteiger partial charge on any atom is -0.497 e. The van der Waals surface area contributed by atoms with Crippen LogP contribution in [0, 0.1) is 12.8 Å². The van der Waals surface area contributed by atoms with Gasteiger partial charge in [0.05, 0.1) is 12.8 Å². The van der Waals surface area contributed by atoms with Crippen LogP contribution < -0.4 is 10.1 Å². The van der Waals surface area contributed by atoms with Gasteiger partial charge in [0, 0.05) is 5.69 Å². The number of aromatic nitrogens is 4. The molecule has 0 radical (unpaired) electrons. The summed E-state index contributed by atoms with van der Waals surface area (Å²) in [4.78, 5) is 0. The summed E-state index contributed by atoms with van der Waals surface area (Å²) in [6.07, 6.45) is 4.54. The second-order valence-corrected chi connectivity index (χ2v) is 7.72. The third kappa shape index (κ3) is 3.35. The maximum Gasteiger partial charge on any atom is 0.182 e. The van der Waals surface area contributed by atoms with Crippen LogP contribution in [0.4, 0.5) is 5.69 Å². The molecule has 0 spiro atoms. The van der Waals surface area contributed by atoms with Gasteiger partial charge >= 0.3 is 0 Å². The van der Waals surface area contributed by atoms with Crippen molar-refractivity contribution in [1.82, 2.24) is 20.2 Å². The van der Waals surface area contributed by atoms with Gasteiger partial charge in [-0.2, -0.15) is 4.68 Å². The summed E-state index contributed by atoms with van der Waals surface area (Å²) in [7, 11) is 1.67. The molecular formula is C22H27N5O. The topological polar surface area (TPSA) is 64.9 Å². The molecule has 28 heavy (non-hydrogen) atoms. The highest BCUT2D eigenvalue weighted by atomic mass is 16.5. The lowest BCUT2D eigenvalue weighted by atomic mass is 9.72. The molecule has 1 fully saturated rings. The van der Waals surface area contributed by atoms with Crippen LogP contribution in [-0.2, 0) is 5.54 Å². The summed E-state index contributed by atoms with van der Waals surface area (Å²) in [5.74, 6) is 2.09. The Morgan fingerprint density at radius 3 is 2.50 bits per heavy atom. The van der Waals surface area contributed by atoms with Gasteiger partial charge in [0.1, 0.15) is 11.3 Å². The molecule has 0 saturated heterocycles. The maximum absolute atomic E-state index is 5.29. The van der Waals surface area contributed by atoms with Gasteiger partial charge in [0.25, 0.3) is 0 Å². The van der Waals surface area contributed by atoms with E-state index in [2.05, 4.69) is 59.0 Å². The molecule has 1 aromatic heterocycles. The van der Waals surface area contributed by atoms with Gasteiger partial charge in [-0.3, -0.25) is 0 Å². The first-order valence-corrected chi connectivity index (χ1v) is 9.90. The number of hydrogen-bond donors (Lipinski definition) is 1. The smallest absolute Gasteiger partial charge is 0.182 e. The number of tetrazole rings is 1. The number of methoxy groups -OCH3 is 1. The fourth-order valence-electron chi connectivity index (χ4n) is 4.18. The Labute approximate surface area is 165 Å². The molecule has 1 aliphatic carbocycles. The second-order valence-electron chi connectivity index (χ2n) is 7.72. The van der Waals surface area contributed by atoms with Gasteiger partial charge in [-0.15, -0.1) is 5.10 Å². The Bertz CT molecular complexity index is 919. The summed E-state index contributed by atoms with van der Waals surface area (Å²) >= 11 is 0. The van der Waals surface area contributed by atoms with Crippen molar-refractivity contribution in [1.29, 1.82) is 0 Å². The minimum absolute atomic E-state index is 0.309. The van der Waals surface area contributed by atoms with Crippen molar-refractivity contribution >= 4 is 5.69 Å². The first-order chi connectivity index (χ1) is 13.6. The summed E-state index contributed by atoms with van der Waals surface area (Å²) < 4.78 is 7.15. The number of rotatable bonds is 5. The summed E-state index contributed by atoms with van der Waals surface area (Å²) in [5.41, 5.74) is 2.98. The van der Waals surface area contributed by atoms with Crippen molar-refractivity contribution in [2.24, 2.45) is 5.92 Å². The largest absolute Gasteiger partial charge is 0.497 e. The molecule has 4 rings (SSSR count). The van der Waals surface area contributed by atoms with Crippen molar-refractivity contribution in [2.45, 2.75) is 45.1 Å². The van der Waals surface area contributed by atoms with Gasteiger partial charge in [-0.1, -0.05) is 37.5 Å². The van der Waals surface area contributed by atoms with Crippen molar-refractivity contribution in [3.05, 3.63) is 59.9 Å². The zero-order valence-corrected chi connectivity index (χ0v) is 16.7. The average molecular weight is 377 g/mol. The van der Waals surface area contributed by atoms with Crippen LogP contribution in [0.3, 0.4) is 0 Å². The normalized spacial score (nSPS) is 22.0. The maximum atomic E-state index is 5.29. The van der Waals surface area contributed by atoms with Gasteiger partial charge in [0.2, 0.25) is 0 Å². The molecule has 0 bridgehead atoms. The first-order valence-electron chi connectivity index (χ1n) is 9.90. The highest BCUT2D eigenvalue weighted by Crippen LogP contribution is 2.43. The van der Waals surface area contributed by atoms with Gasteiger partial charge in [-0.25, -0.2) is 0 Å². The number of benzene rings is 2. The number of ether oxygens (including phenoxy) is 1. The summed E-state index contributed by atoms with van der Waals surface area (Å²) in [5, 5.41) is 16.7. The monoisotopic (exact) mass is 377 g/mol. The molecule has 0 unspecified atom stereocenters. The Morgan fingerprint density at radius 1 is 1.07 bits per heavy atom. The fourth-order valence-corrected chi connectivity index (χ4v) is 4.18. The minimum atomic E-state index is -0.309. The van der Waals surface area contributed by atoms with Crippen LogP contribution in [0.5, 0.6) is 5.75 Å². The molecule has 0 aliphatic heterocycles. The molecule has 1 aliphatic rings. The number of anilines is 1. The van der Waals surface area contributed by atoms with Crippen LogP contribution in [0.1, 0.15) is 44.0 Å². The number of aryl methyl sites for hydroxylation is 1. The molecule has 1 N–H and O–H groups in total. The summed E-state index contributed by atoms with van der Waals surface area (Å²) in [6.45, 7) is 4.40. The van der Waals surface area contributed by atoms with E-state index in [4.69, 9.17) is 4.74 Å². The number of nitrogens with one attached hydrogen (secondary N) is 1. The van der Waals surface area contributed by atoms with Gasteiger partial charge in [-0.05, 0) is 72.5 Å². The van der Waals surface area contributed by atoms with E-state index in [1.165, 1.54) is 12.0 Å². The second kappa shape index (κ2) is 7.62. The quantitative estimate of drug-likeness (QED) is 0.709. The predicted octanol–water partition coefficient (Wildman–Crippen LogP) is 4.50. The molecular weight excluding hydrogens is 350 g/mol. The molecule has 2 atom stereocenters. The molecule has 2 aromatic carbocycles. The number of nitrogens with zero attached hydrogens (tertiary/aromatic N) is 4. The van der Waals surface area contributed by atoms with E-state index < -0.39 is 0 Å². The van der Waals surface area contributed by atoms with Crippen LogP contribution >= 0.6 is 0 Å². The van der Waals surface area contributed by atoms with E-state index >= 15 is 0 Å². The zero-order valence-electron chi connectivity index (χ0n) is 16.7. The lowest BCUT2D eigenvalue weighted by molar-refractivity contribution is 0.215. The Kier molecular flexibility index (Phi) is 5.03. The standard InChI is InChI=1S/C22H27N5O/c1-16-7-9-18(10-8-16)23-22(15-5-4-6-17(22)2)21-24-25-26-27(21)19-11-13-20(28-3)14-12-19/h7-14,17,23H,4-6,15H2,1-3H3/t17-,22-/m1/s1. The van der Waals surface area contributed by atoms with E-state index in [0.29, 0.717) is 5.92 Å². The highest BCUT2D eigenvalue weighted by molar-refractivity contribution is 5.49. The van der Waals surface area contributed by atoms with Crippen LogP contribution in [0.2, 0.25) is 0 Å². The zero-order chi connectivity index (χ0) is 19.6. The molecule has 1 heterocycles. The fraction of sp³-hybridized carbons (Fsp3) is 0.409. The molecule has 6 nitrogen and oxygen atoms in total. The van der Waals surface area contributed by atoms with E-state index in [1.54, 1.807) is 7.11 Å². The first kappa shape index (κ1) is 18.5. The number of hydrogen-bond acceptors (Lipinski definition) is 5. The lowest BCUT2D eigenvalue weighted by Gasteiger charge is -2.42. The predicted molar refractivity (Wildman–Crippen MR) is 110 cm³/mol.